The number of aromatic nitrogens is 3. The fourth-order valence-electron chi connectivity index (χ4n) is 6.47. The van der Waals surface area contributed by atoms with E-state index in [2.05, 4.69) is 9.97 Å². The second kappa shape index (κ2) is 25.6. The number of hydrogen-bond acceptors (Lipinski definition) is 16. The molecular formula is C50H62N4O14. The molecule has 18 heteroatoms. The van der Waals surface area contributed by atoms with Crippen molar-refractivity contribution in [2.75, 3.05) is 98.3 Å². The molecule has 0 unspecified atom stereocenters. The molecule has 1 amide bonds. The Kier molecular flexibility index (Phi) is 19.8. The van der Waals surface area contributed by atoms with E-state index in [-0.39, 0.29) is 37.5 Å². The van der Waals surface area contributed by atoms with Crippen LogP contribution in [0.25, 0.3) is 33.3 Å². The van der Waals surface area contributed by atoms with Gasteiger partial charge in [0, 0.05) is 23.3 Å². The monoisotopic (exact) mass is 942 g/mol. The summed E-state index contributed by atoms with van der Waals surface area (Å²) in [4.78, 5) is 60.9. The van der Waals surface area contributed by atoms with Gasteiger partial charge >= 0.3 is 24.1 Å². The summed E-state index contributed by atoms with van der Waals surface area (Å²) < 4.78 is 56.1. The van der Waals surface area contributed by atoms with Gasteiger partial charge in [-0.2, -0.15) is 0 Å². The number of anilines is 1. The Bertz CT molecular complexity index is 2410. The van der Waals surface area contributed by atoms with E-state index in [4.69, 9.17) is 47.4 Å². The number of methoxy groups -OCH3 is 2. The highest BCUT2D eigenvalue weighted by Crippen LogP contribution is 2.31. The van der Waals surface area contributed by atoms with E-state index in [9.17, 15) is 19.2 Å². The van der Waals surface area contributed by atoms with Gasteiger partial charge < -0.3 is 47.4 Å². The van der Waals surface area contributed by atoms with Crippen LogP contribution in [0, 0.1) is 0 Å². The number of hydrogen-bond donors (Lipinski definition) is 0. The average Bonchev–Trinajstić information content (AvgIpc) is 3.71. The van der Waals surface area contributed by atoms with Crippen molar-refractivity contribution < 1.29 is 66.5 Å². The van der Waals surface area contributed by atoms with Crippen molar-refractivity contribution in [1.29, 1.82) is 0 Å². The van der Waals surface area contributed by atoms with Gasteiger partial charge in [0.15, 0.2) is 0 Å². The number of ether oxygens (including phenoxy) is 10. The summed E-state index contributed by atoms with van der Waals surface area (Å²) in [5.41, 5.74) is 2.62. The first-order valence-corrected chi connectivity index (χ1v) is 22.2. The number of amides is 1. The molecule has 0 atom stereocenters. The summed E-state index contributed by atoms with van der Waals surface area (Å²) in [5, 5.41) is 0.866. The molecule has 0 aliphatic heterocycles. The van der Waals surface area contributed by atoms with Crippen molar-refractivity contribution in [3.05, 3.63) is 96.4 Å². The van der Waals surface area contributed by atoms with Gasteiger partial charge in [0.05, 0.1) is 115 Å². The van der Waals surface area contributed by atoms with Gasteiger partial charge in [-0.25, -0.2) is 28.7 Å². The molecule has 3 heterocycles. The largest absolute Gasteiger partial charge is 0.491 e. The van der Waals surface area contributed by atoms with E-state index >= 15 is 0 Å². The van der Waals surface area contributed by atoms with Crippen LogP contribution in [-0.4, -0.2) is 143 Å². The summed E-state index contributed by atoms with van der Waals surface area (Å²) in [7, 11) is 2.45. The normalized spacial score (nSPS) is 11.6. The molecule has 3 aromatic heterocycles. The van der Waals surface area contributed by atoms with Crippen LogP contribution >= 0.6 is 0 Å². The number of fused-ring (bicyclic) bond motifs is 1. The Morgan fingerprint density at radius 3 is 1.68 bits per heavy atom. The van der Waals surface area contributed by atoms with Crippen LogP contribution in [0.5, 0.6) is 5.75 Å². The highest BCUT2D eigenvalue weighted by molar-refractivity contribution is 6.03. The third-order valence-corrected chi connectivity index (χ3v) is 9.58. The number of carbonyl (C=O) groups excluding carboxylic acids is 4. The highest BCUT2D eigenvalue weighted by Gasteiger charge is 2.26. The number of benzene rings is 2. The lowest BCUT2D eigenvalue weighted by Gasteiger charge is -2.27. The number of pyridine rings is 2. The third-order valence-electron chi connectivity index (χ3n) is 9.58. The first-order chi connectivity index (χ1) is 32.6. The second-order valence-electron chi connectivity index (χ2n) is 17.0. The molecule has 0 fully saturated rings. The van der Waals surface area contributed by atoms with Crippen LogP contribution in [-0.2, 0) is 42.6 Å². The van der Waals surface area contributed by atoms with Crippen molar-refractivity contribution in [3.63, 3.8) is 0 Å². The molecule has 5 aromatic rings. The topological polar surface area (TPSA) is 195 Å². The van der Waals surface area contributed by atoms with Crippen LogP contribution in [0.1, 0.15) is 62.3 Å². The van der Waals surface area contributed by atoms with E-state index in [1.54, 1.807) is 56.1 Å². The maximum absolute atomic E-state index is 13.3. The molecule has 0 bridgehead atoms. The molecule has 2 aromatic carbocycles. The zero-order chi connectivity index (χ0) is 49.1. The molecular weight excluding hydrogens is 881 g/mol. The molecule has 18 nitrogen and oxygen atoms in total. The minimum absolute atomic E-state index is 0.0469. The van der Waals surface area contributed by atoms with E-state index in [0.717, 1.165) is 22.1 Å². The summed E-state index contributed by atoms with van der Waals surface area (Å²) in [5.74, 6) is -0.536. The van der Waals surface area contributed by atoms with Crippen LogP contribution in [0.15, 0.2) is 85.3 Å². The van der Waals surface area contributed by atoms with Crippen molar-refractivity contribution in [2.24, 2.45) is 0 Å². The number of nitrogens with zero attached hydrogens (tertiary/aromatic N) is 4. The van der Waals surface area contributed by atoms with Crippen molar-refractivity contribution in [2.45, 2.75) is 52.7 Å². The number of rotatable bonds is 24. The van der Waals surface area contributed by atoms with Crippen LogP contribution in [0.2, 0.25) is 0 Å². The Hall–Kier alpha value is -6.44. The lowest BCUT2D eigenvalue weighted by molar-refractivity contribution is -0.0124. The summed E-state index contributed by atoms with van der Waals surface area (Å²) in [6, 6.07) is 19.7. The van der Waals surface area contributed by atoms with Crippen molar-refractivity contribution in [1.82, 2.24) is 14.5 Å². The lowest BCUT2D eigenvalue weighted by atomic mass is 10.0. The fraction of sp³-hybridized carbons (Fsp3) is 0.440. The molecule has 0 spiro atoms. The van der Waals surface area contributed by atoms with Gasteiger partial charge in [-0.1, -0.05) is 24.3 Å². The van der Waals surface area contributed by atoms with E-state index < -0.39 is 35.3 Å². The smallest absolute Gasteiger partial charge is 0.419 e. The van der Waals surface area contributed by atoms with Gasteiger partial charge in [-0.05, 0) is 95.1 Å². The van der Waals surface area contributed by atoms with Crippen LogP contribution < -0.4 is 9.64 Å². The minimum Gasteiger partial charge on any atom is -0.491 e. The Balaban J connectivity index is 0.976. The Morgan fingerprint density at radius 1 is 0.574 bits per heavy atom. The molecule has 366 valence electrons. The SMILES string of the molecule is COC(=O)c1ccc(OCCOCCOCCOCCOCCOCCN(C(=O)OC(C)(C)C)c2ccc(-c3ccc(-c4cc5ccncc5n4C(=O)OC(C)(C)C)cc3)cn2)cc1C(=O)OC. The first-order valence-electron chi connectivity index (χ1n) is 22.2. The Labute approximate surface area is 396 Å². The third kappa shape index (κ3) is 16.1. The fourth-order valence-corrected chi connectivity index (χ4v) is 6.47. The van der Waals surface area contributed by atoms with Gasteiger partial charge in [-0.3, -0.25) is 9.88 Å². The lowest BCUT2D eigenvalue weighted by Crippen LogP contribution is -2.39. The highest BCUT2D eigenvalue weighted by atomic mass is 16.6. The Morgan fingerprint density at radius 2 is 1.12 bits per heavy atom. The predicted octanol–water partition coefficient (Wildman–Crippen LogP) is 8.03. The zero-order valence-corrected chi connectivity index (χ0v) is 40.1. The van der Waals surface area contributed by atoms with Gasteiger partial charge in [0.1, 0.15) is 29.4 Å². The van der Waals surface area contributed by atoms with E-state index in [1.165, 1.54) is 31.3 Å². The minimum atomic E-state index is -0.719. The maximum Gasteiger partial charge on any atom is 0.419 e. The molecule has 5 rings (SSSR count). The summed E-state index contributed by atoms with van der Waals surface area (Å²) >= 11 is 0. The zero-order valence-electron chi connectivity index (χ0n) is 40.1. The van der Waals surface area contributed by atoms with Gasteiger partial charge in [0.25, 0.3) is 0 Å². The molecule has 0 N–H and O–H groups in total. The second-order valence-corrected chi connectivity index (χ2v) is 17.0. The molecule has 0 aliphatic rings. The standard InChI is InChI=1S/C50H62N4O14/c1-49(2,3)67-47(57)53(44-16-13-38(33-52-44)35-9-11-36(12-10-35)42-31-37-17-18-51-34-43(37)54(42)48(58)68-50(4,5)6)19-20-61-21-22-62-23-24-63-25-26-64-27-28-65-29-30-66-39-14-15-40(45(55)59-7)41(32-39)46(56)60-8/h9-18,31-34H,19-30H2,1-8H3. The molecule has 0 saturated heterocycles. The number of esters is 2. The average molecular weight is 943 g/mol. The van der Waals surface area contributed by atoms with Crippen molar-refractivity contribution >= 4 is 40.8 Å². The molecule has 0 radical (unpaired) electrons. The van der Waals surface area contributed by atoms with Gasteiger partial charge in [-0.15, -0.1) is 0 Å². The van der Waals surface area contributed by atoms with Crippen LogP contribution in [0.4, 0.5) is 15.4 Å². The predicted molar refractivity (Wildman–Crippen MR) is 252 cm³/mol. The maximum atomic E-state index is 13.3. The van der Waals surface area contributed by atoms with E-state index in [0.29, 0.717) is 75.6 Å². The summed E-state index contributed by atoms with van der Waals surface area (Å²) in [6.45, 7) is 14.7. The molecule has 68 heavy (non-hydrogen) atoms. The van der Waals surface area contributed by atoms with E-state index in [1.807, 2.05) is 63.2 Å². The quantitative estimate of drug-likeness (QED) is 0.0327. The molecule has 0 saturated carbocycles. The first kappa shape index (κ1) is 52.5. The number of carbonyl (C=O) groups is 4. The summed E-state index contributed by atoms with van der Waals surface area (Å²) in [6.07, 6.45) is 4.01. The van der Waals surface area contributed by atoms with Gasteiger partial charge in [0.2, 0.25) is 0 Å². The molecule has 0 aliphatic carbocycles. The van der Waals surface area contributed by atoms with Crippen molar-refractivity contribution in [3.8, 4) is 28.1 Å². The van der Waals surface area contributed by atoms with Crippen LogP contribution in [0.3, 0.4) is 0 Å².